The number of benzene rings is 2. The molecule has 6 nitrogen and oxygen atoms in total. The Morgan fingerprint density at radius 1 is 1.03 bits per heavy atom. The van der Waals surface area contributed by atoms with E-state index in [9.17, 15) is 35.8 Å². The maximum Gasteiger partial charge on any atom is 0.419 e. The summed E-state index contributed by atoms with van der Waals surface area (Å²) in [6.07, 6.45) is -4.35. The van der Waals surface area contributed by atoms with E-state index in [-0.39, 0.29) is 18.7 Å². The van der Waals surface area contributed by atoms with Crippen molar-refractivity contribution in [1.29, 1.82) is 0 Å². The second-order valence-corrected chi connectivity index (χ2v) is 6.42. The van der Waals surface area contributed by atoms with Crippen LogP contribution >= 0.6 is 0 Å². The molecule has 0 saturated carbocycles. The number of fused-ring (bicyclic) bond motifs is 1. The number of phenols is 1. The van der Waals surface area contributed by atoms with Gasteiger partial charge in [0.1, 0.15) is 17.1 Å². The van der Waals surface area contributed by atoms with Crippen molar-refractivity contribution in [3.63, 3.8) is 0 Å². The number of hydrogen-bond acceptors (Lipinski definition) is 5. The van der Waals surface area contributed by atoms with Gasteiger partial charge in [-0.2, -0.15) is 31.6 Å². The predicted molar refractivity (Wildman–Crippen MR) is 97.0 cm³/mol. The fourth-order valence-electron chi connectivity index (χ4n) is 2.91. The predicted octanol–water partition coefficient (Wildman–Crippen LogP) is 5.44. The van der Waals surface area contributed by atoms with Crippen LogP contribution < -0.4 is 0 Å². The first-order valence-electron chi connectivity index (χ1n) is 8.81. The molecule has 0 aliphatic rings. The van der Waals surface area contributed by atoms with Crippen LogP contribution in [0.25, 0.3) is 22.6 Å². The molecule has 0 saturated heterocycles. The maximum atomic E-state index is 14.4. The number of aromatic nitrogens is 4. The van der Waals surface area contributed by atoms with E-state index < -0.39 is 30.0 Å². The Morgan fingerprint density at radius 3 is 2.38 bits per heavy atom. The molecule has 2 N–H and O–H groups in total. The minimum Gasteiger partial charge on any atom is -0.507 e. The molecule has 0 amide bonds. The molecule has 2 heterocycles. The number of hydrogen-bond donors (Lipinski definition) is 2. The standard InChI is InChI=1S/C18H12F4N4O2.CHF3/c19-13-6-11-8-16(17-23-25-26-24-17)28-15(11)7-10(13)3-1-9-2-4-14(27)12(5-9)18(20,21)22;2-1(3)4/h2,4-8,27H,1,3H2,(H,23,24,25,26);1H. The lowest BCUT2D eigenvalue weighted by atomic mass is 10.0. The summed E-state index contributed by atoms with van der Waals surface area (Å²) in [5, 5.41) is 23.2. The van der Waals surface area contributed by atoms with Crippen molar-refractivity contribution < 1.29 is 40.3 Å². The van der Waals surface area contributed by atoms with Gasteiger partial charge in [0, 0.05) is 5.39 Å². The fourth-order valence-corrected chi connectivity index (χ4v) is 2.91. The summed E-state index contributed by atoms with van der Waals surface area (Å²) in [6, 6.07) is 7.59. The van der Waals surface area contributed by atoms with Gasteiger partial charge in [-0.1, -0.05) is 6.07 Å². The summed E-state index contributed by atoms with van der Waals surface area (Å²) in [4.78, 5) is 0. The Morgan fingerprint density at radius 2 is 1.75 bits per heavy atom. The number of tetrazole rings is 1. The third-order valence-corrected chi connectivity index (χ3v) is 4.30. The largest absolute Gasteiger partial charge is 0.507 e. The van der Waals surface area contributed by atoms with Crippen LogP contribution in [0.1, 0.15) is 16.7 Å². The maximum absolute atomic E-state index is 14.4. The van der Waals surface area contributed by atoms with Gasteiger partial charge in [0.05, 0.1) is 5.56 Å². The Labute approximate surface area is 174 Å². The summed E-state index contributed by atoms with van der Waals surface area (Å²) in [6.45, 7) is -3.67. The second kappa shape index (κ2) is 9.24. The summed E-state index contributed by atoms with van der Waals surface area (Å²) in [7, 11) is 0. The molecular weight excluding hydrogens is 449 g/mol. The molecule has 0 spiro atoms. The van der Waals surface area contributed by atoms with Gasteiger partial charge < -0.3 is 9.52 Å². The highest BCUT2D eigenvalue weighted by Gasteiger charge is 2.33. The first-order valence-corrected chi connectivity index (χ1v) is 8.81. The van der Waals surface area contributed by atoms with Crippen LogP contribution in [0.3, 0.4) is 0 Å². The highest BCUT2D eigenvalue weighted by molar-refractivity contribution is 5.82. The molecule has 0 atom stereocenters. The van der Waals surface area contributed by atoms with Gasteiger partial charge in [-0.05, 0) is 59.5 Å². The normalized spacial score (nSPS) is 11.6. The van der Waals surface area contributed by atoms with Crippen molar-refractivity contribution in [3.8, 4) is 17.3 Å². The van der Waals surface area contributed by atoms with E-state index in [0.717, 1.165) is 12.1 Å². The molecule has 2 aromatic carbocycles. The van der Waals surface area contributed by atoms with Crippen molar-refractivity contribution in [2.45, 2.75) is 25.7 Å². The molecular formula is C19H13F7N4O2. The fraction of sp³-hybridized carbons (Fsp3) is 0.211. The number of phenolic OH excluding ortho intramolecular Hbond substituents is 1. The highest BCUT2D eigenvalue weighted by Crippen LogP contribution is 2.36. The minimum absolute atomic E-state index is 0.155. The molecule has 4 rings (SSSR count). The monoisotopic (exact) mass is 462 g/mol. The van der Waals surface area contributed by atoms with Gasteiger partial charge in [-0.25, -0.2) is 4.39 Å². The summed E-state index contributed by atoms with van der Waals surface area (Å²) < 4.78 is 87.7. The first-order chi connectivity index (χ1) is 15.0. The zero-order valence-electron chi connectivity index (χ0n) is 15.8. The summed E-state index contributed by atoms with van der Waals surface area (Å²) in [5.41, 5.74) is -0.0886. The molecule has 32 heavy (non-hydrogen) atoms. The van der Waals surface area contributed by atoms with Crippen LogP contribution in [-0.4, -0.2) is 32.4 Å². The molecule has 0 aliphatic carbocycles. The molecule has 4 aromatic rings. The Kier molecular flexibility index (Phi) is 6.65. The van der Waals surface area contributed by atoms with Crippen molar-refractivity contribution in [1.82, 2.24) is 20.6 Å². The second-order valence-electron chi connectivity index (χ2n) is 6.42. The molecule has 170 valence electrons. The molecule has 0 radical (unpaired) electrons. The molecule has 0 bridgehead atoms. The number of furan rings is 1. The van der Waals surface area contributed by atoms with Crippen LogP contribution in [0.5, 0.6) is 5.75 Å². The highest BCUT2D eigenvalue weighted by atomic mass is 19.4. The SMILES string of the molecule is FC(F)F.Oc1ccc(CCc2cc3oc(-c4nn[nH]n4)cc3cc2F)cc1C(F)(F)F. The lowest BCUT2D eigenvalue weighted by molar-refractivity contribution is -0.138. The van der Waals surface area contributed by atoms with E-state index in [4.69, 9.17) is 4.42 Å². The van der Waals surface area contributed by atoms with Crippen molar-refractivity contribution in [3.05, 3.63) is 58.9 Å². The number of aryl methyl sites for hydroxylation is 2. The number of H-pyrrole nitrogens is 1. The van der Waals surface area contributed by atoms with Gasteiger partial charge in [-0.15, -0.1) is 10.2 Å². The van der Waals surface area contributed by atoms with E-state index in [1.165, 1.54) is 18.2 Å². The van der Waals surface area contributed by atoms with E-state index in [1.807, 2.05) is 0 Å². The zero-order chi connectivity index (χ0) is 23.5. The van der Waals surface area contributed by atoms with E-state index in [1.54, 1.807) is 6.07 Å². The number of aromatic amines is 1. The Hall–Kier alpha value is -3.64. The lowest BCUT2D eigenvalue weighted by Crippen LogP contribution is -2.06. The zero-order valence-corrected chi connectivity index (χ0v) is 15.8. The number of nitrogens with zero attached hydrogens (tertiary/aromatic N) is 3. The Balaban J connectivity index is 0.000000668. The van der Waals surface area contributed by atoms with Crippen LogP contribution in [0.15, 0.2) is 40.8 Å². The summed E-state index contributed by atoms with van der Waals surface area (Å²) in [5.74, 6) is -0.799. The van der Waals surface area contributed by atoms with Crippen LogP contribution in [0.2, 0.25) is 0 Å². The topological polar surface area (TPSA) is 87.8 Å². The number of rotatable bonds is 4. The Bertz CT molecular complexity index is 1190. The minimum atomic E-state index is -4.66. The number of aromatic hydroxyl groups is 1. The number of nitrogens with one attached hydrogen (secondary N) is 1. The van der Waals surface area contributed by atoms with Crippen molar-refractivity contribution in [2.75, 3.05) is 0 Å². The quantitative estimate of drug-likeness (QED) is 0.395. The van der Waals surface area contributed by atoms with Crippen LogP contribution in [0.4, 0.5) is 30.7 Å². The van der Waals surface area contributed by atoms with E-state index in [2.05, 4.69) is 20.6 Å². The third-order valence-electron chi connectivity index (χ3n) is 4.30. The lowest BCUT2D eigenvalue weighted by Gasteiger charge is -2.11. The summed E-state index contributed by atoms with van der Waals surface area (Å²) >= 11 is 0. The van der Waals surface area contributed by atoms with Gasteiger partial charge >= 0.3 is 12.9 Å². The van der Waals surface area contributed by atoms with Crippen LogP contribution in [0, 0.1) is 5.82 Å². The van der Waals surface area contributed by atoms with E-state index >= 15 is 0 Å². The molecule has 0 aliphatic heterocycles. The van der Waals surface area contributed by atoms with Gasteiger partial charge in [0.25, 0.3) is 0 Å². The van der Waals surface area contributed by atoms with Gasteiger partial charge in [0.15, 0.2) is 5.76 Å². The number of alkyl halides is 6. The average Bonchev–Trinajstić information content (AvgIpc) is 3.35. The van der Waals surface area contributed by atoms with Crippen LogP contribution in [-0.2, 0) is 19.0 Å². The van der Waals surface area contributed by atoms with E-state index in [0.29, 0.717) is 27.9 Å². The molecule has 13 heteroatoms. The first kappa shape index (κ1) is 23.0. The van der Waals surface area contributed by atoms with Gasteiger partial charge in [-0.3, -0.25) is 0 Å². The van der Waals surface area contributed by atoms with Crippen molar-refractivity contribution in [2.24, 2.45) is 0 Å². The third kappa shape index (κ3) is 5.53. The molecule has 0 fully saturated rings. The smallest absolute Gasteiger partial charge is 0.419 e. The number of halogens is 7. The van der Waals surface area contributed by atoms with Crippen molar-refractivity contribution >= 4 is 11.0 Å². The average molecular weight is 462 g/mol. The molecule has 0 unspecified atom stereocenters. The molecule has 2 aromatic heterocycles. The van der Waals surface area contributed by atoms with Gasteiger partial charge in [0.2, 0.25) is 5.82 Å².